The summed E-state index contributed by atoms with van der Waals surface area (Å²) < 4.78 is 16.9. The lowest BCUT2D eigenvalue weighted by Gasteiger charge is -2.22. The summed E-state index contributed by atoms with van der Waals surface area (Å²) in [5.41, 5.74) is 8.44. The van der Waals surface area contributed by atoms with Gasteiger partial charge in [-0.05, 0) is 67.3 Å². The molecule has 0 N–H and O–H groups in total. The van der Waals surface area contributed by atoms with Gasteiger partial charge in [-0.1, -0.05) is 60.7 Å². The second kappa shape index (κ2) is 10.9. The molecule has 1 unspecified atom stereocenters. The third kappa shape index (κ3) is 4.75. The summed E-state index contributed by atoms with van der Waals surface area (Å²) in [5.74, 6) is 0.355. The van der Waals surface area contributed by atoms with Gasteiger partial charge in [-0.2, -0.15) is 10.2 Å². The van der Waals surface area contributed by atoms with Gasteiger partial charge in [0.25, 0.3) is 0 Å². The van der Waals surface area contributed by atoms with Crippen molar-refractivity contribution >= 4 is 43.2 Å². The van der Waals surface area contributed by atoms with E-state index in [0.717, 1.165) is 43.3 Å². The Morgan fingerprint density at radius 1 is 0.575 bits per heavy atom. The van der Waals surface area contributed by atoms with Gasteiger partial charge in [0.1, 0.15) is 9.21 Å². The van der Waals surface area contributed by atoms with Crippen molar-refractivity contribution in [3.05, 3.63) is 128 Å². The van der Waals surface area contributed by atoms with E-state index < -0.39 is 0 Å². The van der Waals surface area contributed by atoms with E-state index in [4.69, 9.17) is 9.47 Å². The summed E-state index contributed by atoms with van der Waals surface area (Å²) in [4.78, 5) is 9.25. The van der Waals surface area contributed by atoms with E-state index in [1.165, 1.54) is 11.1 Å². The highest BCUT2D eigenvalue weighted by atomic mass is 79.9. The molecule has 2 atom stereocenters. The Kier molecular flexibility index (Phi) is 6.92. The maximum Gasteiger partial charge on any atom is 0.154 e. The summed E-state index contributed by atoms with van der Waals surface area (Å²) in [6.07, 6.45) is 0. The SMILES string of the molecule is Brc1ccc2nc3c(n2n1)C(c1ccccc1)COC3.Brc1ccc2nc3c(n2n1)[C@@H](c1ccccc1)COC3. The fraction of sp³-hybridized carbons (Fsp3) is 0.200. The number of aromatic nitrogens is 6. The Morgan fingerprint density at radius 2 is 1.00 bits per heavy atom. The Morgan fingerprint density at radius 3 is 1.43 bits per heavy atom. The van der Waals surface area contributed by atoms with E-state index in [1.807, 2.05) is 45.4 Å². The number of nitrogens with zero attached hydrogens (tertiary/aromatic N) is 6. The minimum Gasteiger partial charge on any atom is -0.374 e. The van der Waals surface area contributed by atoms with E-state index in [-0.39, 0.29) is 11.8 Å². The standard InChI is InChI=1S/2C15H12BrN3O/c2*16-13-6-7-14-17-12-9-20-8-11(15(12)19(14)18-13)10-4-2-1-3-5-10/h2*1-7,11H,8-9H2/t11-;/m1./s1. The number of hydrogen-bond donors (Lipinski definition) is 0. The van der Waals surface area contributed by atoms with Crippen LogP contribution in [-0.4, -0.2) is 42.4 Å². The summed E-state index contributed by atoms with van der Waals surface area (Å²) >= 11 is 6.86. The molecule has 2 aromatic carbocycles. The van der Waals surface area contributed by atoms with Gasteiger partial charge < -0.3 is 9.47 Å². The second-order valence-corrected chi connectivity index (χ2v) is 11.3. The van der Waals surface area contributed by atoms with Crippen molar-refractivity contribution in [1.82, 2.24) is 29.2 Å². The van der Waals surface area contributed by atoms with E-state index in [2.05, 4.69) is 101 Å². The van der Waals surface area contributed by atoms with Crippen LogP contribution in [-0.2, 0) is 22.7 Å². The largest absolute Gasteiger partial charge is 0.374 e. The Bertz CT molecular complexity index is 1670. The van der Waals surface area contributed by atoms with Crippen molar-refractivity contribution in [1.29, 1.82) is 0 Å². The highest BCUT2D eigenvalue weighted by Gasteiger charge is 2.29. The third-order valence-electron chi connectivity index (χ3n) is 7.22. The first-order valence-electron chi connectivity index (χ1n) is 13.0. The van der Waals surface area contributed by atoms with Crippen molar-refractivity contribution in [3.8, 4) is 0 Å². The number of benzene rings is 2. The molecule has 0 bridgehead atoms. The number of halogens is 2. The monoisotopic (exact) mass is 658 g/mol. The van der Waals surface area contributed by atoms with Gasteiger partial charge in [-0.3, -0.25) is 0 Å². The zero-order valence-corrected chi connectivity index (χ0v) is 24.5. The fourth-order valence-corrected chi connectivity index (χ4v) is 6.02. The fourth-order valence-electron chi connectivity index (χ4n) is 5.44. The van der Waals surface area contributed by atoms with Gasteiger partial charge in [-0.15, -0.1) is 0 Å². The zero-order chi connectivity index (χ0) is 27.1. The van der Waals surface area contributed by atoms with Crippen LogP contribution in [0.5, 0.6) is 0 Å². The first kappa shape index (κ1) is 25.5. The first-order valence-corrected chi connectivity index (χ1v) is 14.6. The van der Waals surface area contributed by atoms with Crippen LogP contribution in [0.15, 0.2) is 94.1 Å². The van der Waals surface area contributed by atoms with Crippen LogP contribution in [0.4, 0.5) is 0 Å². The molecule has 2 aliphatic heterocycles. The summed E-state index contributed by atoms with van der Waals surface area (Å²) in [6.45, 7) is 2.44. The van der Waals surface area contributed by atoms with Crippen LogP contribution in [0.3, 0.4) is 0 Å². The number of rotatable bonds is 2. The smallest absolute Gasteiger partial charge is 0.154 e. The maximum atomic E-state index is 5.71. The molecular weight excluding hydrogens is 636 g/mol. The minimum absolute atomic E-state index is 0.178. The van der Waals surface area contributed by atoms with Gasteiger partial charge in [-0.25, -0.2) is 19.0 Å². The molecule has 0 aliphatic carbocycles. The summed E-state index contributed by atoms with van der Waals surface area (Å²) in [7, 11) is 0. The topological polar surface area (TPSA) is 78.8 Å². The van der Waals surface area contributed by atoms with Crippen LogP contribution < -0.4 is 0 Å². The predicted molar refractivity (Wildman–Crippen MR) is 157 cm³/mol. The van der Waals surface area contributed by atoms with Crippen molar-refractivity contribution in [2.75, 3.05) is 13.2 Å². The van der Waals surface area contributed by atoms with Crippen molar-refractivity contribution in [3.63, 3.8) is 0 Å². The van der Waals surface area contributed by atoms with Gasteiger partial charge >= 0.3 is 0 Å². The lowest BCUT2D eigenvalue weighted by Crippen LogP contribution is -2.19. The molecule has 0 amide bonds. The van der Waals surface area contributed by atoms with Gasteiger partial charge in [0.05, 0.1) is 61.0 Å². The molecule has 0 radical (unpaired) electrons. The van der Waals surface area contributed by atoms with Crippen molar-refractivity contribution < 1.29 is 9.47 Å². The minimum atomic E-state index is 0.178. The van der Waals surface area contributed by atoms with Crippen LogP contribution in [0.2, 0.25) is 0 Å². The molecule has 2 aliphatic rings. The van der Waals surface area contributed by atoms with E-state index in [1.54, 1.807) is 0 Å². The van der Waals surface area contributed by atoms with E-state index in [9.17, 15) is 0 Å². The molecule has 0 spiro atoms. The molecule has 8 nitrogen and oxygen atoms in total. The highest BCUT2D eigenvalue weighted by molar-refractivity contribution is 9.10. The van der Waals surface area contributed by atoms with Gasteiger partial charge in [0.15, 0.2) is 11.3 Å². The normalized spacial score (nSPS) is 18.1. The molecule has 0 saturated carbocycles. The predicted octanol–water partition coefficient (Wildman–Crippen LogP) is 6.31. The molecule has 10 heteroatoms. The lowest BCUT2D eigenvalue weighted by molar-refractivity contribution is 0.0951. The molecule has 4 aromatic heterocycles. The highest BCUT2D eigenvalue weighted by Crippen LogP contribution is 2.34. The van der Waals surface area contributed by atoms with Crippen LogP contribution in [0.25, 0.3) is 11.3 Å². The van der Waals surface area contributed by atoms with Gasteiger partial charge in [0, 0.05) is 0 Å². The quantitative estimate of drug-likeness (QED) is 0.217. The van der Waals surface area contributed by atoms with Crippen molar-refractivity contribution in [2.45, 2.75) is 25.0 Å². The summed E-state index contributed by atoms with van der Waals surface area (Å²) in [6, 6.07) is 28.5. The summed E-state index contributed by atoms with van der Waals surface area (Å²) in [5, 5.41) is 9.08. The molecule has 0 saturated heterocycles. The van der Waals surface area contributed by atoms with E-state index >= 15 is 0 Å². The molecule has 6 heterocycles. The van der Waals surface area contributed by atoms with Crippen molar-refractivity contribution in [2.24, 2.45) is 0 Å². The molecule has 40 heavy (non-hydrogen) atoms. The van der Waals surface area contributed by atoms with Crippen LogP contribution in [0.1, 0.15) is 45.7 Å². The lowest BCUT2D eigenvalue weighted by atomic mass is 9.94. The molecule has 200 valence electrons. The Balaban J connectivity index is 0.000000132. The number of ether oxygens (including phenoxy) is 2. The third-order valence-corrected chi connectivity index (χ3v) is 8.07. The average molecular weight is 660 g/mol. The average Bonchev–Trinajstić information content (AvgIpc) is 3.56. The second-order valence-electron chi connectivity index (χ2n) is 9.70. The number of hydrogen-bond acceptors (Lipinski definition) is 6. The molecule has 0 fully saturated rings. The zero-order valence-electron chi connectivity index (χ0n) is 21.3. The molecule has 8 rings (SSSR count). The molecule has 6 aromatic rings. The van der Waals surface area contributed by atoms with Crippen LogP contribution >= 0.6 is 31.9 Å². The first-order chi connectivity index (χ1) is 19.7. The van der Waals surface area contributed by atoms with Gasteiger partial charge in [0.2, 0.25) is 0 Å². The Labute approximate surface area is 247 Å². The van der Waals surface area contributed by atoms with E-state index in [0.29, 0.717) is 26.4 Å². The van der Waals surface area contributed by atoms with Crippen LogP contribution in [0, 0.1) is 0 Å². The molecular formula is C30H24Br2N6O2. The number of imidazole rings is 2. The number of fused-ring (bicyclic) bond motifs is 6. The Hall–Kier alpha value is -3.44. The maximum absolute atomic E-state index is 5.71.